The summed E-state index contributed by atoms with van der Waals surface area (Å²) in [6.07, 6.45) is 12.3. The van der Waals surface area contributed by atoms with Gasteiger partial charge in [-0.1, -0.05) is 147 Å². The SMILES string of the molecule is C=Cc1ccc(N(c2ccccc2)c2cc(-c3ccc4c5ccccc5n(-c5ccccc5)c4c3)cc(N(c3ccccc3)c3ccc(C=C)c(/C=C\C)c3)c2)cc1/C=C\C. The molecule has 3 nitrogen and oxygen atoms in total. The number of anilines is 6. The van der Waals surface area contributed by atoms with E-state index < -0.39 is 0 Å². The Balaban J connectivity index is 1.35. The lowest BCUT2D eigenvalue weighted by atomic mass is 9.99. The first-order valence-corrected chi connectivity index (χ1v) is 20.8. The van der Waals surface area contributed by atoms with E-state index in [1.54, 1.807) is 0 Å². The number of para-hydroxylation sites is 4. The predicted molar refractivity (Wildman–Crippen MR) is 265 cm³/mol. The predicted octanol–water partition coefficient (Wildman–Crippen LogP) is 16.7. The van der Waals surface area contributed by atoms with Crippen LogP contribution in [0.2, 0.25) is 0 Å². The zero-order chi connectivity index (χ0) is 41.7. The molecule has 9 aromatic rings. The maximum absolute atomic E-state index is 4.12. The Labute approximate surface area is 359 Å². The highest BCUT2D eigenvalue weighted by Crippen LogP contribution is 2.45. The van der Waals surface area contributed by atoms with Gasteiger partial charge in [-0.2, -0.15) is 0 Å². The third kappa shape index (κ3) is 7.50. The van der Waals surface area contributed by atoms with Gasteiger partial charge in [0.05, 0.1) is 11.0 Å². The second-order valence-corrected chi connectivity index (χ2v) is 15.0. The minimum Gasteiger partial charge on any atom is -0.310 e. The molecule has 3 heteroatoms. The topological polar surface area (TPSA) is 11.4 Å². The lowest BCUT2D eigenvalue weighted by molar-refractivity contribution is 1.18. The highest BCUT2D eigenvalue weighted by Gasteiger charge is 2.21. The summed E-state index contributed by atoms with van der Waals surface area (Å²) in [5.74, 6) is 0. The number of allylic oxidation sites excluding steroid dienone is 2. The van der Waals surface area contributed by atoms with Crippen molar-refractivity contribution in [2.24, 2.45) is 0 Å². The van der Waals surface area contributed by atoms with Gasteiger partial charge in [-0.05, 0) is 138 Å². The Hall–Kier alpha value is -7.88. The Morgan fingerprint density at radius 2 is 0.869 bits per heavy atom. The number of hydrogen-bond donors (Lipinski definition) is 0. The van der Waals surface area contributed by atoms with Crippen molar-refractivity contribution in [2.45, 2.75) is 13.8 Å². The molecule has 1 aromatic heterocycles. The molecule has 294 valence electrons. The number of benzene rings is 8. The lowest BCUT2D eigenvalue weighted by Gasteiger charge is -2.31. The largest absolute Gasteiger partial charge is 0.310 e. The van der Waals surface area contributed by atoms with Gasteiger partial charge < -0.3 is 14.4 Å². The molecular weight excluding hydrogens is 739 g/mol. The van der Waals surface area contributed by atoms with Crippen molar-refractivity contribution >= 4 is 80.2 Å². The normalized spacial score (nSPS) is 11.4. The minimum absolute atomic E-state index is 1.03. The number of fused-ring (bicyclic) bond motifs is 3. The summed E-state index contributed by atoms with van der Waals surface area (Å²) >= 11 is 0. The fourth-order valence-corrected chi connectivity index (χ4v) is 8.50. The van der Waals surface area contributed by atoms with Gasteiger partial charge in [0.2, 0.25) is 0 Å². The van der Waals surface area contributed by atoms with Gasteiger partial charge in [0.1, 0.15) is 0 Å². The molecule has 9 rings (SSSR count). The first-order valence-electron chi connectivity index (χ1n) is 20.8. The molecule has 0 spiro atoms. The average Bonchev–Trinajstić information content (AvgIpc) is 3.64. The van der Waals surface area contributed by atoms with E-state index in [-0.39, 0.29) is 0 Å². The van der Waals surface area contributed by atoms with Crippen molar-refractivity contribution in [1.82, 2.24) is 4.57 Å². The third-order valence-electron chi connectivity index (χ3n) is 11.3. The third-order valence-corrected chi connectivity index (χ3v) is 11.3. The average molecular weight is 786 g/mol. The van der Waals surface area contributed by atoms with Crippen molar-refractivity contribution in [2.75, 3.05) is 9.80 Å². The van der Waals surface area contributed by atoms with E-state index in [0.717, 1.165) is 78.7 Å². The molecule has 0 aliphatic heterocycles. The minimum atomic E-state index is 1.03. The molecule has 0 unspecified atom stereocenters. The van der Waals surface area contributed by atoms with Gasteiger partial charge in [-0.25, -0.2) is 0 Å². The molecule has 0 amide bonds. The molecule has 0 N–H and O–H groups in total. The zero-order valence-electron chi connectivity index (χ0n) is 34.6. The first kappa shape index (κ1) is 38.6. The number of aromatic nitrogens is 1. The van der Waals surface area contributed by atoms with E-state index in [1.807, 2.05) is 12.2 Å². The van der Waals surface area contributed by atoms with Gasteiger partial charge in [0.25, 0.3) is 0 Å². The molecule has 1 heterocycles. The Bertz CT molecular complexity index is 2950. The van der Waals surface area contributed by atoms with E-state index in [0.29, 0.717) is 0 Å². The lowest BCUT2D eigenvalue weighted by Crippen LogP contribution is -2.14. The fourth-order valence-electron chi connectivity index (χ4n) is 8.50. The maximum atomic E-state index is 4.12. The van der Waals surface area contributed by atoms with Crippen LogP contribution in [0.25, 0.3) is 62.9 Å². The molecule has 0 bridgehead atoms. The van der Waals surface area contributed by atoms with Gasteiger partial charge in [0.15, 0.2) is 0 Å². The van der Waals surface area contributed by atoms with Gasteiger partial charge in [-0.3, -0.25) is 0 Å². The molecule has 0 saturated carbocycles. The molecular formula is C58H47N3. The summed E-state index contributed by atoms with van der Waals surface area (Å²) in [4.78, 5) is 4.73. The van der Waals surface area contributed by atoms with Crippen LogP contribution in [0.15, 0.2) is 213 Å². The summed E-state index contributed by atoms with van der Waals surface area (Å²) < 4.78 is 2.39. The monoisotopic (exact) mass is 785 g/mol. The van der Waals surface area contributed by atoms with Crippen LogP contribution < -0.4 is 9.80 Å². The van der Waals surface area contributed by atoms with Crippen LogP contribution >= 0.6 is 0 Å². The highest BCUT2D eigenvalue weighted by molar-refractivity contribution is 6.10. The second kappa shape index (κ2) is 17.1. The summed E-state index contributed by atoms with van der Waals surface area (Å²) in [6, 6.07) is 67.8. The van der Waals surface area contributed by atoms with Crippen molar-refractivity contribution in [3.8, 4) is 16.8 Å². The number of nitrogens with zero attached hydrogens (tertiary/aromatic N) is 3. The molecule has 0 fully saturated rings. The molecule has 0 atom stereocenters. The summed E-state index contributed by atoms with van der Waals surface area (Å²) in [5.41, 5.74) is 16.3. The quantitative estimate of drug-likeness (QED) is 0.122. The van der Waals surface area contributed by atoms with Crippen LogP contribution in [0.4, 0.5) is 34.1 Å². The van der Waals surface area contributed by atoms with Crippen molar-refractivity contribution in [3.05, 3.63) is 236 Å². The smallest absolute Gasteiger partial charge is 0.0547 e. The summed E-state index contributed by atoms with van der Waals surface area (Å²) in [6.45, 7) is 12.4. The molecule has 8 aromatic carbocycles. The van der Waals surface area contributed by atoms with Crippen LogP contribution in [0.5, 0.6) is 0 Å². The van der Waals surface area contributed by atoms with Crippen molar-refractivity contribution < 1.29 is 0 Å². The van der Waals surface area contributed by atoms with Crippen LogP contribution in [-0.2, 0) is 0 Å². The maximum Gasteiger partial charge on any atom is 0.0547 e. The van der Waals surface area contributed by atoms with Gasteiger partial charge in [-0.15, -0.1) is 0 Å². The molecule has 0 radical (unpaired) electrons. The Morgan fingerprint density at radius 1 is 0.377 bits per heavy atom. The molecule has 0 aliphatic rings. The molecule has 0 aliphatic carbocycles. The van der Waals surface area contributed by atoms with Gasteiger partial charge >= 0.3 is 0 Å². The highest BCUT2D eigenvalue weighted by atomic mass is 15.2. The Morgan fingerprint density at radius 3 is 1.39 bits per heavy atom. The summed E-state index contributed by atoms with van der Waals surface area (Å²) in [7, 11) is 0. The van der Waals surface area contributed by atoms with E-state index in [4.69, 9.17) is 0 Å². The van der Waals surface area contributed by atoms with E-state index in [9.17, 15) is 0 Å². The first-order chi connectivity index (χ1) is 30.1. The Kier molecular flexibility index (Phi) is 10.9. The molecule has 0 saturated heterocycles. The van der Waals surface area contributed by atoms with Crippen LogP contribution in [0.3, 0.4) is 0 Å². The van der Waals surface area contributed by atoms with E-state index in [1.165, 1.54) is 16.3 Å². The number of hydrogen-bond acceptors (Lipinski definition) is 2. The zero-order valence-corrected chi connectivity index (χ0v) is 34.6. The second-order valence-electron chi connectivity index (χ2n) is 15.0. The van der Waals surface area contributed by atoms with Crippen molar-refractivity contribution in [3.63, 3.8) is 0 Å². The van der Waals surface area contributed by atoms with Crippen LogP contribution in [0.1, 0.15) is 36.1 Å². The van der Waals surface area contributed by atoms with Gasteiger partial charge in [0, 0.05) is 50.6 Å². The molecule has 61 heavy (non-hydrogen) atoms. The van der Waals surface area contributed by atoms with E-state index in [2.05, 4.69) is 254 Å². The van der Waals surface area contributed by atoms with Crippen LogP contribution in [0, 0.1) is 0 Å². The summed E-state index contributed by atoms with van der Waals surface area (Å²) in [5, 5.41) is 2.45. The fraction of sp³-hybridized carbons (Fsp3) is 0.0345. The van der Waals surface area contributed by atoms with E-state index >= 15 is 0 Å². The standard InChI is InChI=1S/C58H47N3/c1-5-20-44-36-51(33-30-42(44)7-3)59(48-22-12-9-13-23-48)53-38-47(46-32-35-56-55-28-18-19-29-57(55)61(58(56)40-46)50-26-16-11-17-27-50)39-54(41-53)60(49-24-14-10-15-25-49)52-34-31-43(8-4)45(37-52)21-6-2/h5-41H,3-4H2,1-2H3/b20-5-,21-6-. The number of rotatable bonds is 12. The van der Waals surface area contributed by atoms with Crippen molar-refractivity contribution in [1.29, 1.82) is 0 Å². The van der Waals surface area contributed by atoms with Crippen LogP contribution in [-0.4, -0.2) is 4.57 Å².